The highest BCUT2D eigenvalue weighted by Gasteiger charge is 2.32. The third-order valence-electron chi connectivity index (χ3n) is 4.90. The maximum atomic E-state index is 14.0. The van der Waals surface area contributed by atoms with Crippen LogP contribution < -0.4 is 5.32 Å². The fraction of sp³-hybridized carbons (Fsp3) is 0.136. The molecule has 1 aliphatic rings. The van der Waals surface area contributed by atoms with Gasteiger partial charge in [0.1, 0.15) is 11.6 Å². The van der Waals surface area contributed by atoms with Crippen molar-refractivity contribution >= 4 is 23.3 Å². The highest BCUT2D eigenvalue weighted by molar-refractivity contribution is 6.30. The fourth-order valence-corrected chi connectivity index (χ4v) is 3.69. The minimum Gasteiger partial charge on any atom is -0.313 e. The molecule has 0 saturated heterocycles. The van der Waals surface area contributed by atoms with Crippen molar-refractivity contribution in [2.45, 2.75) is 12.5 Å². The SMILES string of the molecule is O=C(Nc1ccc(F)cc1F)N1CCc2ccccc2[C@H]1c1ccc(Cl)cc1. The van der Waals surface area contributed by atoms with Crippen LogP contribution in [0.5, 0.6) is 0 Å². The molecule has 1 aliphatic heterocycles. The highest BCUT2D eigenvalue weighted by Crippen LogP contribution is 2.36. The van der Waals surface area contributed by atoms with Crippen LogP contribution >= 0.6 is 11.6 Å². The van der Waals surface area contributed by atoms with Gasteiger partial charge in [-0.3, -0.25) is 0 Å². The van der Waals surface area contributed by atoms with Gasteiger partial charge in [0.05, 0.1) is 11.7 Å². The van der Waals surface area contributed by atoms with Crippen LogP contribution in [0.2, 0.25) is 5.02 Å². The number of fused-ring (bicyclic) bond motifs is 1. The van der Waals surface area contributed by atoms with Crippen molar-refractivity contribution in [3.05, 3.63) is 100 Å². The van der Waals surface area contributed by atoms with Crippen LogP contribution in [-0.4, -0.2) is 17.5 Å². The Hall–Kier alpha value is -2.92. The summed E-state index contributed by atoms with van der Waals surface area (Å²) in [6.07, 6.45) is 0.694. The van der Waals surface area contributed by atoms with Gasteiger partial charge in [0, 0.05) is 17.6 Å². The predicted octanol–water partition coefficient (Wildman–Crippen LogP) is 5.80. The van der Waals surface area contributed by atoms with Crippen LogP contribution in [0.1, 0.15) is 22.7 Å². The number of carbonyl (C=O) groups is 1. The molecule has 3 aromatic carbocycles. The molecule has 0 aliphatic carbocycles. The van der Waals surface area contributed by atoms with E-state index in [0.29, 0.717) is 18.0 Å². The minimum absolute atomic E-state index is 0.0554. The van der Waals surface area contributed by atoms with E-state index in [1.165, 1.54) is 11.6 Å². The largest absolute Gasteiger partial charge is 0.322 e. The molecule has 0 radical (unpaired) electrons. The molecule has 6 heteroatoms. The Morgan fingerprint density at radius 1 is 1.04 bits per heavy atom. The van der Waals surface area contributed by atoms with Gasteiger partial charge in [0.15, 0.2) is 0 Å². The molecular weight excluding hydrogens is 382 g/mol. The number of urea groups is 1. The van der Waals surface area contributed by atoms with Crippen LogP contribution in [0.4, 0.5) is 19.3 Å². The number of anilines is 1. The van der Waals surface area contributed by atoms with Gasteiger partial charge in [0.2, 0.25) is 0 Å². The Labute approximate surface area is 166 Å². The number of nitrogens with one attached hydrogen (secondary N) is 1. The Morgan fingerprint density at radius 2 is 1.79 bits per heavy atom. The van der Waals surface area contributed by atoms with Gasteiger partial charge in [-0.25, -0.2) is 13.6 Å². The topological polar surface area (TPSA) is 32.3 Å². The van der Waals surface area contributed by atoms with Crippen molar-refractivity contribution in [2.24, 2.45) is 0 Å². The summed E-state index contributed by atoms with van der Waals surface area (Å²) in [5.74, 6) is -1.50. The number of carbonyl (C=O) groups excluding carboxylic acids is 1. The molecule has 1 atom stereocenters. The van der Waals surface area contributed by atoms with E-state index in [1.54, 1.807) is 17.0 Å². The number of benzene rings is 3. The molecule has 3 aromatic rings. The van der Waals surface area contributed by atoms with Crippen molar-refractivity contribution in [3.8, 4) is 0 Å². The summed E-state index contributed by atoms with van der Waals surface area (Å²) >= 11 is 6.02. The summed E-state index contributed by atoms with van der Waals surface area (Å²) in [5.41, 5.74) is 3.04. The molecule has 0 saturated carbocycles. The standard InChI is InChI=1S/C22H17ClF2N2O/c23-16-7-5-15(6-8-16)21-18-4-2-1-3-14(18)11-12-27(21)22(28)26-20-10-9-17(24)13-19(20)25/h1-10,13,21H,11-12H2,(H,26,28)/t21-/m1/s1. The monoisotopic (exact) mass is 398 g/mol. The lowest BCUT2D eigenvalue weighted by molar-refractivity contribution is 0.194. The normalized spacial score (nSPS) is 15.8. The van der Waals surface area contributed by atoms with E-state index in [1.807, 2.05) is 36.4 Å². The second-order valence-electron chi connectivity index (χ2n) is 6.65. The lowest BCUT2D eigenvalue weighted by atomic mass is 9.88. The second kappa shape index (κ2) is 7.60. The van der Waals surface area contributed by atoms with Crippen LogP contribution in [0.25, 0.3) is 0 Å². The molecule has 0 spiro atoms. The summed E-state index contributed by atoms with van der Waals surface area (Å²) in [5, 5.41) is 3.18. The summed E-state index contributed by atoms with van der Waals surface area (Å²) in [4.78, 5) is 14.7. The van der Waals surface area contributed by atoms with Crippen molar-refractivity contribution in [3.63, 3.8) is 0 Å². The Balaban J connectivity index is 1.70. The first-order valence-corrected chi connectivity index (χ1v) is 9.26. The zero-order chi connectivity index (χ0) is 19.7. The number of hydrogen-bond acceptors (Lipinski definition) is 1. The van der Waals surface area contributed by atoms with E-state index in [-0.39, 0.29) is 11.7 Å². The van der Waals surface area contributed by atoms with Crippen molar-refractivity contribution < 1.29 is 13.6 Å². The van der Waals surface area contributed by atoms with Crippen LogP contribution in [0.15, 0.2) is 66.7 Å². The quantitative estimate of drug-likeness (QED) is 0.581. The summed E-state index contributed by atoms with van der Waals surface area (Å²) in [7, 11) is 0. The first-order chi connectivity index (χ1) is 13.5. The Kier molecular flexibility index (Phi) is 5.01. The van der Waals surface area contributed by atoms with Gasteiger partial charge < -0.3 is 10.2 Å². The average Bonchev–Trinajstić information content (AvgIpc) is 2.70. The van der Waals surface area contributed by atoms with Gasteiger partial charge in [0.25, 0.3) is 0 Å². The van der Waals surface area contributed by atoms with E-state index in [4.69, 9.17) is 11.6 Å². The van der Waals surface area contributed by atoms with E-state index < -0.39 is 17.7 Å². The summed E-state index contributed by atoms with van der Waals surface area (Å²) < 4.78 is 27.1. The first kappa shape index (κ1) is 18.4. The van der Waals surface area contributed by atoms with Crippen LogP contribution in [0, 0.1) is 11.6 Å². The van der Waals surface area contributed by atoms with E-state index >= 15 is 0 Å². The van der Waals surface area contributed by atoms with Gasteiger partial charge in [-0.05, 0) is 47.4 Å². The Bertz CT molecular complexity index is 1020. The molecule has 4 rings (SSSR count). The lowest BCUT2D eigenvalue weighted by Crippen LogP contribution is -2.43. The van der Waals surface area contributed by atoms with Crippen LogP contribution in [0.3, 0.4) is 0 Å². The molecule has 28 heavy (non-hydrogen) atoms. The molecule has 1 N–H and O–H groups in total. The number of nitrogens with zero attached hydrogens (tertiary/aromatic N) is 1. The number of halogens is 3. The first-order valence-electron chi connectivity index (χ1n) is 8.89. The molecule has 1 heterocycles. The Morgan fingerprint density at radius 3 is 2.54 bits per heavy atom. The number of amides is 2. The van der Waals surface area contributed by atoms with Gasteiger partial charge in [-0.2, -0.15) is 0 Å². The molecule has 0 aromatic heterocycles. The zero-order valence-electron chi connectivity index (χ0n) is 14.8. The van der Waals surface area contributed by atoms with Crippen molar-refractivity contribution in [1.82, 2.24) is 4.90 Å². The molecule has 142 valence electrons. The minimum atomic E-state index is -0.811. The smallest absolute Gasteiger partial charge is 0.313 e. The third kappa shape index (κ3) is 3.58. The highest BCUT2D eigenvalue weighted by atomic mass is 35.5. The maximum absolute atomic E-state index is 14.0. The average molecular weight is 399 g/mol. The van der Waals surface area contributed by atoms with E-state index in [2.05, 4.69) is 5.32 Å². The zero-order valence-corrected chi connectivity index (χ0v) is 15.6. The molecule has 3 nitrogen and oxygen atoms in total. The van der Waals surface area contributed by atoms with Crippen molar-refractivity contribution in [1.29, 1.82) is 0 Å². The predicted molar refractivity (Wildman–Crippen MR) is 106 cm³/mol. The molecule has 0 unspecified atom stereocenters. The van der Waals surface area contributed by atoms with E-state index in [9.17, 15) is 13.6 Å². The number of rotatable bonds is 2. The summed E-state index contributed by atoms with van der Waals surface area (Å²) in [6, 6.07) is 17.6. The fourth-order valence-electron chi connectivity index (χ4n) is 3.57. The lowest BCUT2D eigenvalue weighted by Gasteiger charge is -2.37. The second-order valence-corrected chi connectivity index (χ2v) is 7.09. The molecule has 0 bridgehead atoms. The molecule has 2 amide bonds. The van der Waals surface area contributed by atoms with Crippen LogP contribution in [-0.2, 0) is 6.42 Å². The summed E-state index contributed by atoms with van der Waals surface area (Å²) in [6.45, 7) is 0.471. The van der Waals surface area contributed by atoms with Crippen molar-refractivity contribution in [2.75, 3.05) is 11.9 Å². The van der Waals surface area contributed by atoms with E-state index in [0.717, 1.165) is 23.3 Å². The molecule has 0 fully saturated rings. The van der Waals surface area contributed by atoms with Gasteiger partial charge >= 0.3 is 6.03 Å². The maximum Gasteiger partial charge on any atom is 0.322 e. The van der Waals surface area contributed by atoms with Gasteiger partial charge in [-0.15, -0.1) is 0 Å². The molecular formula is C22H17ClF2N2O. The van der Waals surface area contributed by atoms with Gasteiger partial charge in [-0.1, -0.05) is 48.0 Å². The third-order valence-corrected chi connectivity index (χ3v) is 5.15. The number of hydrogen-bond donors (Lipinski definition) is 1.